The van der Waals surface area contributed by atoms with Gasteiger partial charge in [-0.2, -0.15) is 13.2 Å². The van der Waals surface area contributed by atoms with Gasteiger partial charge in [-0.25, -0.2) is 15.0 Å². The lowest BCUT2D eigenvalue weighted by Gasteiger charge is -2.24. The number of nitrogens with two attached hydrogens (primary N) is 1. The van der Waals surface area contributed by atoms with Gasteiger partial charge in [0.15, 0.2) is 5.82 Å². The first-order chi connectivity index (χ1) is 17.9. The van der Waals surface area contributed by atoms with E-state index in [2.05, 4.69) is 25.2 Å². The lowest BCUT2D eigenvalue weighted by atomic mass is 10.2. The molecule has 0 fully saturated rings. The molecule has 2 heterocycles. The summed E-state index contributed by atoms with van der Waals surface area (Å²) in [4.78, 5) is 17.2. The zero-order valence-corrected chi connectivity index (χ0v) is 22.1. The Kier molecular flexibility index (Phi) is 7.83. The van der Waals surface area contributed by atoms with Crippen LogP contribution in [0.5, 0.6) is 5.75 Å². The van der Waals surface area contributed by atoms with Crippen LogP contribution >= 0.6 is 11.6 Å². The minimum Gasteiger partial charge on any atom is -0.494 e. The lowest BCUT2D eigenvalue weighted by molar-refractivity contribution is -0.139. The summed E-state index contributed by atoms with van der Waals surface area (Å²) < 4.78 is 46.9. The maximum Gasteiger partial charge on any atom is 0.406 e. The van der Waals surface area contributed by atoms with Crippen LogP contribution in [-0.4, -0.2) is 71.9 Å². The molecule has 202 valence electrons. The first kappa shape index (κ1) is 27.3. The highest BCUT2D eigenvalue weighted by molar-refractivity contribution is 6.31. The van der Waals surface area contributed by atoms with Crippen molar-refractivity contribution in [1.29, 1.82) is 0 Å². The van der Waals surface area contributed by atoms with E-state index >= 15 is 0 Å². The van der Waals surface area contributed by atoms with Crippen LogP contribution in [0.15, 0.2) is 42.6 Å². The van der Waals surface area contributed by atoms with Crippen LogP contribution in [0.25, 0.3) is 22.6 Å². The molecule has 0 aliphatic carbocycles. The van der Waals surface area contributed by atoms with Crippen LogP contribution in [0.4, 0.5) is 36.2 Å². The number of ether oxygens (including phenoxy) is 1. The molecular formula is C25H28ClF3N8O. The molecule has 0 atom stereocenters. The summed E-state index contributed by atoms with van der Waals surface area (Å²) >= 11 is 6.04. The van der Waals surface area contributed by atoms with Crippen LogP contribution < -0.4 is 20.7 Å². The summed E-state index contributed by atoms with van der Waals surface area (Å²) in [5, 5.41) is 3.43. The summed E-state index contributed by atoms with van der Waals surface area (Å²) in [5.74, 6) is 0.672. The largest absolute Gasteiger partial charge is 0.494 e. The van der Waals surface area contributed by atoms with Crippen molar-refractivity contribution in [2.24, 2.45) is 0 Å². The Balaban J connectivity index is 1.69. The van der Waals surface area contributed by atoms with Crippen LogP contribution in [-0.2, 0) is 6.54 Å². The molecule has 9 nitrogen and oxygen atoms in total. The van der Waals surface area contributed by atoms with Gasteiger partial charge in [0, 0.05) is 37.4 Å². The predicted octanol–water partition coefficient (Wildman–Crippen LogP) is 5.04. The topological polar surface area (TPSA) is 97.4 Å². The molecule has 4 aromatic rings. The number of aromatic nitrogens is 4. The quantitative estimate of drug-likeness (QED) is 0.281. The van der Waals surface area contributed by atoms with E-state index in [1.54, 1.807) is 6.07 Å². The summed E-state index contributed by atoms with van der Waals surface area (Å²) in [7, 11) is 7.45. The van der Waals surface area contributed by atoms with Crippen LogP contribution in [0.1, 0.15) is 0 Å². The number of benzene rings is 2. The fraction of sp³-hybridized carbons (Fsp3) is 0.320. The average molecular weight is 549 g/mol. The number of nitrogens with one attached hydrogen (secondary N) is 1. The minimum absolute atomic E-state index is 0.0365. The lowest BCUT2D eigenvalue weighted by Crippen LogP contribution is -2.29. The molecule has 4 rings (SSSR count). The third-order valence-electron chi connectivity index (χ3n) is 5.82. The zero-order chi connectivity index (χ0) is 27.6. The Morgan fingerprint density at radius 1 is 1.08 bits per heavy atom. The molecular weight excluding hydrogens is 521 g/mol. The molecule has 0 unspecified atom stereocenters. The molecule has 0 radical (unpaired) electrons. The van der Waals surface area contributed by atoms with Crippen molar-refractivity contribution in [3.05, 3.63) is 47.6 Å². The summed E-state index contributed by atoms with van der Waals surface area (Å²) in [6.45, 7) is 0.354. The van der Waals surface area contributed by atoms with E-state index in [1.165, 1.54) is 37.6 Å². The van der Waals surface area contributed by atoms with Crippen molar-refractivity contribution in [2.45, 2.75) is 12.7 Å². The first-order valence-electron chi connectivity index (χ1n) is 11.6. The number of fused-ring (bicyclic) bond motifs is 1. The molecule has 13 heteroatoms. The number of alkyl halides is 3. The van der Waals surface area contributed by atoms with Crippen molar-refractivity contribution in [2.75, 3.05) is 57.3 Å². The van der Waals surface area contributed by atoms with Crippen LogP contribution in [0, 0.1) is 0 Å². The molecule has 0 saturated carbocycles. The number of likely N-dealkylation sites (N-methyl/N-ethyl adjacent to an activating group) is 2. The number of methoxy groups -OCH3 is 1. The van der Waals surface area contributed by atoms with Gasteiger partial charge < -0.3 is 30.2 Å². The molecule has 2 aromatic carbocycles. The van der Waals surface area contributed by atoms with Gasteiger partial charge in [0.05, 0.1) is 35.2 Å². The van der Waals surface area contributed by atoms with Gasteiger partial charge in [0.1, 0.15) is 18.0 Å². The molecule has 2 aromatic heterocycles. The molecule has 0 amide bonds. The smallest absolute Gasteiger partial charge is 0.406 e. The molecule has 0 aliphatic heterocycles. The number of halogens is 4. The van der Waals surface area contributed by atoms with E-state index in [-0.39, 0.29) is 17.5 Å². The highest BCUT2D eigenvalue weighted by Crippen LogP contribution is 2.36. The normalized spacial score (nSPS) is 11.8. The van der Waals surface area contributed by atoms with E-state index in [4.69, 9.17) is 22.1 Å². The van der Waals surface area contributed by atoms with Gasteiger partial charge in [-0.3, -0.25) is 0 Å². The van der Waals surface area contributed by atoms with Crippen molar-refractivity contribution < 1.29 is 17.9 Å². The minimum atomic E-state index is -4.47. The van der Waals surface area contributed by atoms with Gasteiger partial charge in [0.25, 0.3) is 0 Å². The Morgan fingerprint density at radius 2 is 1.84 bits per heavy atom. The zero-order valence-electron chi connectivity index (χ0n) is 21.3. The van der Waals surface area contributed by atoms with Gasteiger partial charge >= 0.3 is 6.18 Å². The fourth-order valence-electron chi connectivity index (χ4n) is 3.96. The van der Waals surface area contributed by atoms with Crippen molar-refractivity contribution in [3.63, 3.8) is 0 Å². The second kappa shape index (κ2) is 10.9. The Morgan fingerprint density at radius 3 is 2.53 bits per heavy atom. The number of hydrogen-bond donors (Lipinski definition) is 2. The molecule has 0 spiro atoms. The number of imidazole rings is 1. The number of rotatable bonds is 9. The standard InChI is InChI=1S/C25H28ClF3N8O/c1-35(2)9-10-36(3)21-13-22(38-4)19(12-16(21)30)34-24-31-8-7-17(33-24)23-32-18-11-15(26)5-6-20(18)37(23)14-25(27,28)29/h5-8,11-13H,9-10,14,30H2,1-4H3,(H,31,33,34). The third kappa shape index (κ3) is 6.20. The Hall–Kier alpha value is -3.77. The van der Waals surface area contributed by atoms with Gasteiger partial charge in [-0.15, -0.1) is 0 Å². The number of nitrogen functional groups attached to an aromatic ring is 1. The fourth-order valence-corrected chi connectivity index (χ4v) is 4.12. The van der Waals surface area contributed by atoms with Crippen molar-refractivity contribution >= 4 is 45.6 Å². The van der Waals surface area contributed by atoms with Crippen LogP contribution in [0.2, 0.25) is 5.02 Å². The summed E-state index contributed by atoms with van der Waals surface area (Å²) in [6, 6.07) is 9.55. The number of anilines is 4. The van der Waals surface area contributed by atoms with Crippen molar-refractivity contribution in [3.8, 4) is 17.3 Å². The second-order valence-corrected chi connectivity index (χ2v) is 9.43. The Bertz CT molecular complexity index is 1440. The molecule has 0 saturated heterocycles. The van der Waals surface area contributed by atoms with E-state index in [0.29, 0.717) is 33.2 Å². The van der Waals surface area contributed by atoms with E-state index in [9.17, 15) is 13.2 Å². The highest BCUT2D eigenvalue weighted by Gasteiger charge is 2.31. The van der Waals surface area contributed by atoms with E-state index in [0.717, 1.165) is 23.3 Å². The summed E-state index contributed by atoms with van der Waals surface area (Å²) in [6.07, 6.45) is -3.03. The van der Waals surface area contributed by atoms with Gasteiger partial charge in [0.2, 0.25) is 5.95 Å². The average Bonchev–Trinajstić information content (AvgIpc) is 3.18. The molecule has 0 aliphatic rings. The summed E-state index contributed by atoms with van der Waals surface area (Å²) in [5.41, 5.74) is 8.96. The maximum absolute atomic E-state index is 13.4. The van der Waals surface area contributed by atoms with Gasteiger partial charge in [-0.1, -0.05) is 11.6 Å². The molecule has 0 bridgehead atoms. The highest BCUT2D eigenvalue weighted by atomic mass is 35.5. The first-order valence-corrected chi connectivity index (χ1v) is 12.0. The second-order valence-electron chi connectivity index (χ2n) is 9.00. The SMILES string of the molecule is COc1cc(N(C)CCN(C)C)c(N)cc1Nc1nccc(-c2nc3cc(Cl)ccc3n2CC(F)(F)F)n1. The van der Waals surface area contributed by atoms with E-state index in [1.807, 2.05) is 32.1 Å². The third-order valence-corrected chi connectivity index (χ3v) is 6.06. The predicted molar refractivity (Wildman–Crippen MR) is 144 cm³/mol. The number of nitrogens with zero attached hydrogens (tertiary/aromatic N) is 6. The van der Waals surface area contributed by atoms with Gasteiger partial charge in [-0.05, 0) is 44.4 Å². The van der Waals surface area contributed by atoms with E-state index < -0.39 is 12.7 Å². The number of hydrogen-bond acceptors (Lipinski definition) is 8. The monoisotopic (exact) mass is 548 g/mol. The molecule has 38 heavy (non-hydrogen) atoms. The van der Waals surface area contributed by atoms with Crippen molar-refractivity contribution in [1.82, 2.24) is 24.4 Å². The molecule has 3 N–H and O–H groups in total. The van der Waals surface area contributed by atoms with Crippen LogP contribution in [0.3, 0.4) is 0 Å². The Labute approximate surface area is 223 Å². The maximum atomic E-state index is 13.4.